The number of aliphatic hydroxyl groups is 1. The number of Topliss-reactive ketones (excluding diaryl/α,β-unsaturated/α-hetero) is 1. The number of hydrogen-bond acceptors (Lipinski definition) is 8. The summed E-state index contributed by atoms with van der Waals surface area (Å²) in [4.78, 5) is 44.8. The Morgan fingerprint density at radius 3 is 2.39 bits per heavy atom. The van der Waals surface area contributed by atoms with Crippen LogP contribution in [0.4, 0.5) is 0 Å². The van der Waals surface area contributed by atoms with E-state index in [-0.39, 0.29) is 23.8 Å². The standard InChI is InChI=1S/C26H38N2O7Si/c1-9-15-34-25(32)24(31)28-19(16-20(29)22(27-33-6)18-13-11-10-12-14-18)21(23(28)30)17(2)35-36(7,8)26(3,4)5/h9-14,17,19,21,24,31H,1,15-16H2,2-8H3/b27-22+/t17-,19-,21-,24?/m1/s1. The van der Waals surface area contributed by atoms with E-state index >= 15 is 0 Å². The van der Waals surface area contributed by atoms with Gasteiger partial charge in [-0.05, 0) is 25.1 Å². The average Bonchev–Trinajstić information content (AvgIpc) is 2.79. The van der Waals surface area contributed by atoms with Crippen molar-refractivity contribution in [2.24, 2.45) is 11.1 Å². The minimum absolute atomic E-state index is 0.0813. The molecule has 1 aliphatic heterocycles. The van der Waals surface area contributed by atoms with Crippen LogP contribution in [0.5, 0.6) is 0 Å². The number of hydrogen-bond donors (Lipinski definition) is 1. The fourth-order valence-electron chi connectivity index (χ4n) is 3.91. The van der Waals surface area contributed by atoms with Gasteiger partial charge in [0.05, 0.1) is 18.1 Å². The number of carbonyl (C=O) groups is 3. The quantitative estimate of drug-likeness (QED) is 0.113. The molecule has 10 heteroatoms. The van der Waals surface area contributed by atoms with Gasteiger partial charge in [0.2, 0.25) is 12.1 Å². The molecule has 1 amide bonds. The van der Waals surface area contributed by atoms with Crippen LogP contribution in [0.15, 0.2) is 48.1 Å². The minimum atomic E-state index is -2.25. The van der Waals surface area contributed by atoms with Gasteiger partial charge in [-0.25, -0.2) is 4.79 Å². The number of oxime groups is 1. The van der Waals surface area contributed by atoms with Crippen LogP contribution >= 0.6 is 0 Å². The Labute approximate surface area is 214 Å². The molecule has 0 spiro atoms. The third kappa shape index (κ3) is 6.48. The van der Waals surface area contributed by atoms with Crippen LogP contribution in [0.25, 0.3) is 0 Å². The van der Waals surface area contributed by atoms with E-state index in [2.05, 4.69) is 45.6 Å². The van der Waals surface area contributed by atoms with Gasteiger partial charge in [0, 0.05) is 12.0 Å². The topological polar surface area (TPSA) is 115 Å². The number of amides is 1. The maximum absolute atomic E-state index is 13.4. The highest BCUT2D eigenvalue weighted by atomic mass is 28.4. The monoisotopic (exact) mass is 518 g/mol. The molecule has 1 unspecified atom stereocenters. The molecule has 1 N–H and O–H groups in total. The van der Waals surface area contributed by atoms with Crippen LogP contribution < -0.4 is 0 Å². The molecule has 1 aliphatic rings. The Morgan fingerprint density at radius 2 is 1.86 bits per heavy atom. The number of carbonyl (C=O) groups excluding carboxylic acids is 3. The number of rotatable bonds is 12. The van der Waals surface area contributed by atoms with Crippen molar-refractivity contribution in [3.05, 3.63) is 48.6 Å². The van der Waals surface area contributed by atoms with Crippen LogP contribution in [0.1, 0.15) is 39.7 Å². The molecule has 4 atom stereocenters. The van der Waals surface area contributed by atoms with Crippen molar-refractivity contribution in [1.82, 2.24) is 4.90 Å². The lowest BCUT2D eigenvalue weighted by Gasteiger charge is -2.52. The summed E-state index contributed by atoms with van der Waals surface area (Å²) < 4.78 is 11.4. The number of esters is 1. The summed E-state index contributed by atoms with van der Waals surface area (Å²) >= 11 is 0. The molecule has 1 aromatic rings. The summed E-state index contributed by atoms with van der Waals surface area (Å²) in [7, 11) is -0.913. The van der Waals surface area contributed by atoms with E-state index < -0.39 is 50.3 Å². The fourth-order valence-corrected chi connectivity index (χ4v) is 5.34. The first-order valence-corrected chi connectivity index (χ1v) is 14.8. The second kappa shape index (κ2) is 11.9. The predicted molar refractivity (Wildman–Crippen MR) is 139 cm³/mol. The van der Waals surface area contributed by atoms with Crippen molar-refractivity contribution in [3.63, 3.8) is 0 Å². The highest BCUT2D eigenvalue weighted by Crippen LogP contribution is 2.41. The van der Waals surface area contributed by atoms with Crippen LogP contribution in [0, 0.1) is 5.92 Å². The van der Waals surface area contributed by atoms with E-state index in [1.165, 1.54) is 13.2 Å². The van der Waals surface area contributed by atoms with Crippen molar-refractivity contribution in [2.45, 2.75) is 70.6 Å². The van der Waals surface area contributed by atoms with Gasteiger partial charge in [-0.1, -0.05) is 68.9 Å². The number of nitrogens with zero attached hydrogens (tertiary/aromatic N) is 2. The third-order valence-corrected chi connectivity index (χ3v) is 11.4. The van der Waals surface area contributed by atoms with E-state index in [1.54, 1.807) is 31.2 Å². The summed E-state index contributed by atoms with van der Waals surface area (Å²) in [5.41, 5.74) is 0.632. The fraction of sp³-hybridized carbons (Fsp3) is 0.538. The van der Waals surface area contributed by atoms with E-state index in [1.807, 2.05) is 6.07 Å². The lowest BCUT2D eigenvalue weighted by molar-refractivity contribution is -0.196. The first kappa shape index (κ1) is 29.4. The third-order valence-electron chi connectivity index (χ3n) is 6.81. The molecule has 9 nitrogen and oxygen atoms in total. The van der Waals surface area contributed by atoms with E-state index in [4.69, 9.17) is 14.0 Å². The van der Waals surface area contributed by atoms with E-state index in [9.17, 15) is 19.5 Å². The highest BCUT2D eigenvalue weighted by molar-refractivity contribution is 6.74. The van der Waals surface area contributed by atoms with Crippen LogP contribution in [0.2, 0.25) is 18.1 Å². The zero-order valence-electron chi connectivity index (χ0n) is 22.2. The first-order valence-electron chi connectivity index (χ1n) is 11.9. The van der Waals surface area contributed by atoms with Crippen molar-refractivity contribution in [1.29, 1.82) is 0 Å². The molecule has 1 heterocycles. The Kier molecular flexibility index (Phi) is 9.75. The molecule has 1 fully saturated rings. The first-order chi connectivity index (χ1) is 16.8. The molecule has 36 heavy (non-hydrogen) atoms. The van der Waals surface area contributed by atoms with Gasteiger partial charge >= 0.3 is 5.97 Å². The SMILES string of the molecule is C=CCOC(=O)C(O)N1C(=O)[C@H]([C@@H](C)O[Si](C)(C)C(C)(C)C)[C@H]1CC(=O)/C(=N/OC)c1ccccc1. The molecule has 2 rings (SSSR count). The zero-order valence-corrected chi connectivity index (χ0v) is 23.2. The van der Waals surface area contributed by atoms with Crippen molar-refractivity contribution in [2.75, 3.05) is 13.7 Å². The molecule has 0 bridgehead atoms. The van der Waals surface area contributed by atoms with Gasteiger partial charge in [0.25, 0.3) is 0 Å². The molecule has 0 aliphatic carbocycles. The van der Waals surface area contributed by atoms with Crippen LogP contribution in [-0.4, -0.2) is 73.8 Å². The van der Waals surface area contributed by atoms with Gasteiger partial charge in [0.15, 0.2) is 19.8 Å². The van der Waals surface area contributed by atoms with E-state index in [0.29, 0.717) is 5.56 Å². The van der Waals surface area contributed by atoms with Crippen molar-refractivity contribution in [3.8, 4) is 0 Å². The summed E-state index contributed by atoms with van der Waals surface area (Å²) in [6.45, 7) is 15.6. The lowest BCUT2D eigenvalue weighted by Crippen LogP contribution is -2.70. The maximum atomic E-state index is 13.4. The molecule has 1 saturated heterocycles. The van der Waals surface area contributed by atoms with E-state index in [0.717, 1.165) is 4.90 Å². The van der Waals surface area contributed by atoms with Crippen molar-refractivity contribution < 1.29 is 33.5 Å². The van der Waals surface area contributed by atoms with Crippen molar-refractivity contribution >= 4 is 31.7 Å². The average molecular weight is 519 g/mol. The van der Waals surface area contributed by atoms with Gasteiger partial charge in [-0.3, -0.25) is 9.59 Å². The molecule has 0 saturated carbocycles. The smallest absolute Gasteiger partial charge is 0.356 e. The molecule has 0 radical (unpaired) electrons. The Hall–Kier alpha value is -2.82. The molecule has 0 aromatic heterocycles. The van der Waals surface area contributed by atoms with Crippen LogP contribution in [0.3, 0.4) is 0 Å². The number of benzene rings is 1. The van der Waals surface area contributed by atoms with Gasteiger partial charge in [-0.15, -0.1) is 0 Å². The molecule has 1 aromatic carbocycles. The normalized spacial score (nSPS) is 20.3. The van der Waals surface area contributed by atoms with Gasteiger partial charge in [-0.2, -0.15) is 0 Å². The molecular weight excluding hydrogens is 480 g/mol. The number of ether oxygens (including phenoxy) is 1. The van der Waals surface area contributed by atoms with Crippen LogP contribution in [-0.2, 0) is 28.4 Å². The lowest BCUT2D eigenvalue weighted by atomic mass is 9.79. The second-order valence-electron chi connectivity index (χ2n) is 10.3. The molecule has 198 valence electrons. The maximum Gasteiger partial charge on any atom is 0.356 e. The molecular formula is C26H38N2O7Si. The summed E-state index contributed by atoms with van der Waals surface area (Å²) in [6, 6.07) is 7.99. The largest absolute Gasteiger partial charge is 0.458 e. The summed E-state index contributed by atoms with van der Waals surface area (Å²) in [5.74, 6) is -2.61. The number of ketones is 1. The number of β-lactam (4-membered cyclic amide) rings is 1. The summed E-state index contributed by atoms with van der Waals surface area (Å²) in [5, 5.41) is 14.4. The predicted octanol–water partition coefficient (Wildman–Crippen LogP) is 3.28. The zero-order chi connectivity index (χ0) is 27.3. The minimum Gasteiger partial charge on any atom is -0.458 e. The van der Waals surface area contributed by atoms with Gasteiger partial charge in [0.1, 0.15) is 13.7 Å². The van der Waals surface area contributed by atoms with Gasteiger partial charge < -0.3 is 24.0 Å². The Morgan fingerprint density at radius 1 is 1.25 bits per heavy atom. The highest BCUT2D eigenvalue weighted by Gasteiger charge is 2.56. The number of likely N-dealkylation sites (tertiary alicyclic amines) is 1. The number of aliphatic hydroxyl groups excluding tert-OH is 1. The summed E-state index contributed by atoms with van der Waals surface area (Å²) in [6.07, 6.45) is -1.23. The Balaban J connectivity index is 2.37. The Bertz CT molecular complexity index is 988. The second-order valence-corrected chi connectivity index (χ2v) is 15.1.